The second kappa shape index (κ2) is 8.59. The third-order valence-electron chi connectivity index (χ3n) is 6.61. The minimum Gasteiger partial charge on any atom is -0.454 e. The van der Waals surface area contributed by atoms with E-state index in [0.717, 1.165) is 45.5 Å². The summed E-state index contributed by atoms with van der Waals surface area (Å²) in [6.07, 6.45) is 1.82. The van der Waals surface area contributed by atoms with Gasteiger partial charge in [0.2, 0.25) is 6.79 Å². The van der Waals surface area contributed by atoms with Gasteiger partial charge < -0.3 is 24.3 Å². The number of rotatable bonds is 4. The Bertz CT molecular complexity index is 1420. The summed E-state index contributed by atoms with van der Waals surface area (Å²) in [5.74, 6) is 1.53. The highest BCUT2D eigenvalue weighted by Gasteiger charge is 2.42. The predicted molar refractivity (Wildman–Crippen MR) is 141 cm³/mol. The summed E-state index contributed by atoms with van der Waals surface area (Å²) in [7, 11) is 0. The van der Waals surface area contributed by atoms with Crippen LogP contribution >= 0.6 is 23.8 Å². The predicted octanol–water partition coefficient (Wildman–Crippen LogP) is 6.05. The standard InChI is InChI=1S/C27H23ClN4O2S/c1-16-13-21(17(2)31(16)20-10-11-23-24(14-20)34-15-33-23)26-25(22-5-3-4-12-29-22)30-27(35)32(26)19-8-6-18(28)7-9-19/h3-14,25-26H,15H2,1-2H3,(H,30,35)/t25-,26+/m0/s1. The first-order valence-corrected chi connectivity index (χ1v) is 12.1. The van der Waals surface area contributed by atoms with Crippen LogP contribution in [0.3, 0.4) is 0 Å². The first-order chi connectivity index (χ1) is 17.0. The number of hydrogen-bond donors (Lipinski definition) is 1. The van der Waals surface area contributed by atoms with E-state index in [0.29, 0.717) is 10.1 Å². The summed E-state index contributed by atoms with van der Waals surface area (Å²) >= 11 is 12.0. The van der Waals surface area contributed by atoms with Gasteiger partial charge in [-0.2, -0.15) is 0 Å². The van der Waals surface area contributed by atoms with Crippen LogP contribution in [0.5, 0.6) is 11.5 Å². The Labute approximate surface area is 214 Å². The molecule has 0 aliphatic carbocycles. The van der Waals surface area contributed by atoms with E-state index in [4.69, 9.17) is 33.3 Å². The highest BCUT2D eigenvalue weighted by Crippen LogP contribution is 2.44. The normalized spacial score (nSPS) is 18.7. The first-order valence-electron chi connectivity index (χ1n) is 11.4. The largest absolute Gasteiger partial charge is 0.454 e. The van der Waals surface area contributed by atoms with Crippen LogP contribution in [-0.4, -0.2) is 21.5 Å². The second-order valence-corrected chi connectivity index (χ2v) is 9.50. The molecule has 4 aromatic rings. The third-order valence-corrected chi connectivity index (χ3v) is 7.17. The molecule has 2 aromatic heterocycles. The molecule has 4 heterocycles. The maximum Gasteiger partial charge on any atom is 0.231 e. The zero-order chi connectivity index (χ0) is 24.1. The van der Waals surface area contributed by atoms with Crippen LogP contribution < -0.4 is 19.7 Å². The molecular formula is C27H23ClN4O2S. The fourth-order valence-electron chi connectivity index (χ4n) is 5.06. The van der Waals surface area contributed by atoms with E-state index < -0.39 is 0 Å². The Kier molecular flexibility index (Phi) is 5.39. The van der Waals surface area contributed by atoms with Crippen molar-refractivity contribution in [2.24, 2.45) is 0 Å². The van der Waals surface area contributed by atoms with Crippen molar-refractivity contribution in [3.8, 4) is 17.2 Å². The summed E-state index contributed by atoms with van der Waals surface area (Å²) in [6, 6.07) is 21.8. The molecule has 1 fully saturated rings. The van der Waals surface area contributed by atoms with Gasteiger partial charge in [0, 0.05) is 40.0 Å². The van der Waals surface area contributed by atoms with Gasteiger partial charge in [0.15, 0.2) is 16.6 Å². The number of aryl methyl sites for hydroxylation is 1. The van der Waals surface area contributed by atoms with Crippen molar-refractivity contribution in [2.45, 2.75) is 25.9 Å². The van der Waals surface area contributed by atoms with Gasteiger partial charge in [-0.25, -0.2) is 0 Å². The summed E-state index contributed by atoms with van der Waals surface area (Å²) in [5.41, 5.74) is 6.34. The van der Waals surface area contributed by atoms with Gasteiger partial charge in [0.1, 0.15) is 0 Å². The molecule has 0 bridgehead atoms. The number of nitrogens with zero attached hydrogens (tertiary/aromatic N) is 3. The highest BCUT2D eigenvalue weighted by molar-refractivity contribution is 7.80. The molecule has 1 saturated heterocycles. The Balaban J connectivity index is 1.50. The summed E-state index contributed by atoms with van der Waals surface area (Å²) in [5, 5.41) is 4.87. The molecule has 2 aromatic carbocycles. The average molecular weight is 503 g/mol. The number of halogens is 1. The number of aromatic nitrogens is 2. The monoisotopic (exact) mass is 502 g/mol. The molecule has 8 heteroatoms. The lowest BCUT2D eigenvalue weighted by Crippen LogP contribution is -2.29. The van der Waals surface area contributed by atoms with Crippen LogP contribution in [0.25, 0.3) is 5.69 Å². The van der Waals surface area contributed by atoms with Crippen molar-refractivity contribution in [3.63, 3.8) is 0 Å². The Hall–Kier alpha value is -3.55. The summed E-state index contributed by atoms with van der Waals surface area (Å²) < 4.78 is 13.4. The third kappa shape index (κ3) is 3.72. The van der Waals surface area contributed by atoms with Crippen molar-refractivity contribution < 1.29 is 9.47 Å². The summed E-state index contributed by atoms with van der Waals surface area (Å²) in [6.45, 7) is 4.51. The van der Waals surface area contributed by atoms with Crippen LogP contribution in [0.15, 0.2) is 72.9 Å². The Morgan fingerprint density at radius 3 is 2.51 bits per heavy atom. The molecule has 6 rings (SSSR count). The van der Waals surface area contributed by atoms with Gasteiger partial charge in [-0.3, -0.25) is 4.98 Å². The van der Waals surface area contributed by atoms with E-state index in [-0.39, 0.29) is 18.9 Å². The molecule has 35 heavy (non-hydrogen) atoms. The minimum atomic E-state index is -0.120. The number of thiocarbonyl (C=S) groups is 1. The molecular weight excluding hydrogens is 480 g/mol. The topological polar surface area (TPSA) is 51.6 Å². The molecule has 176 valence electrons. The van der Waals surface area contributed by atoms with Crippen LogP contribution in [0.1, 0.15) is 34.7 Å². The van der Waals surface area contributed by atoms with E-state index in [1.807, 2.05) is 60.8 Å². The molecule has 0 unspecified atom stereocenters. The van der Waals surface area contributed by atoms with Crippen LogP contribution in [0.4, 0.5) is 5.69 Å². The molecule has 2 aliphatic rings. The SMILES string of the molecule is Cc1cc([C@@H]2[C@H](c3ccccn3)NC(=S)N2c2ccc(Cl)cc2)c(C)n1-c1ccc2c(c1)OCO2. The lowest BCUT2D eigenvalue weighted by Gasteiger charge is -2.28. The van der Waals surface area contributed by atoms with Gasteiger partial charge in [-0.05, 0) is 86.2 Å². The van der Waals surface area contributed by atoms with Gasteiger partial charge in [-0.15, -0.1) is 0 Å². The number of benzene rings is 2. The van der Waals surface area contributed by atoms with E-state index in [9.17, 15) is 0 Å². The number of ether oxygens (including phenoxy) is 2. The van der Waals surface area contributed by atoms with Crippen LogP contribution in [0, 0.1) is 13.8 Å². The molecule has 1 N–H and O–H groups in total. The van der Waals surface area contributed by atoms with Gasteiger partial charge in [-0.1, -0.05) is 17.7 Å². The summed E-state index contributed by atoms with van der Waals surface area (Å²) in [4.78, 5) is 6.83. The molecule has 0 amide bonds. The van der Waals surface area contributed by atoms with Gasteiger partial charge in [0.25, 0.3) is 0 Å². The quantitative estimate of drug-likeness (QED) is 0.343. The van der Waals surface area contributed by atoms with Crippen molar-refractivity contribution in [1.82, 2.24) is 14.9 Å². The number of nitrogens with one attached hydrogen (secondary N) is 1. The Morgan fingerprint density at radius 2 is 1.74 bits per heavy atom. The molecule has 2 aliphatic heterocycles. The zero-order valence-corrected chi connectivity index (χ0v) is 20.8. The number of anilines is 1. The molecule has 0 spiro atoms. The van der Waals surface area contributed by atoms with E-state index in [1.54, 1.807) is 0 Å². The molecule has 0 saturated carbocycles. The van der Waals surface area contributed by atoms with Crippen LogP contribution in [-0.2, 0) is 0 Å². The van der Waals surface area contributed by atoms with Crippen LogP contribution in [0.2, 0.25) is 5.02 Å². The van der Waals surface area contributed by atoms with Crippen molar-refractivity contribution in [2.75, 3.05) is 11.7 Å². The highest BCUT2D eigenvalue weighted by atomic mass is 35.5. The van der Waals surface area contributed by atoms with Crippen molar-refractivity contribution in [1.29, 1.82) is 0 Å². The fraction of sp³-hybridized carbons (Fsp3) is 0.185. The first kappa shape index (κ1) is 21.9. The number of fused-ring (bicyclic) bond motifs is 1. The molecule has 2 atom stereocenters. The maximum atomic E-state index is 6.19. The smallest absolute Gasteiger partial charge is 0.231 e. The van der Waals surface area contributed by atoms with Gasteiger partial charge >= 0.3 is 0 Å². The lowest BCUT2D eigenvalue weighted by atomic mass is 9.96. The molecule has 6 nitrogen and oxygen atoms in total. The van der Waals surface area contributed by atoms with E-state index in [2.05, 4.69) is 45.7 Å². The van der Waals surface area contributed by atoms with E-state index in [1.165, 1.54) is 0 Å². The number of hydrogen-bond acceptors (Lipinski definition) is 4. The second-order valence-electron chi connectivity index (χ2n) is 8.67. The zero-order valence-electron chi connectivity index (χ0n) is 19.2. The molecule has 0 radical (unpaired) electrons. The number of pyridine rings is 1. The maximum absolute atomic E-state index is 6.19. The minimum absolute atomic E-state index is 0.104. The van der Waals surface area contributed by atoms with E-state index >= 15 is 0 Å². The van der Waals surface area contributed by atoms with Gasteiger partial charge in [0.05, 0.1) is 17.8 Å². The lowest BCUT2D eigenvalue weighted by molar-refractivity contribution is 0.174. The van der Waals surface area contributed by atoms with Crippen molar-refractivity contribution in [3.05, 3.63) is 101 Å². The van der Waals surface area contributed by atoms with Crippen molar-refractivity contribution >= 4 is 34.6 Å². The Morgan fingerprint density at radius 1 is 0.971 bits per heavy atom. The fourth-order valence-corrected chi connectivity index (χ4v) is 5.53. The average Bonchev–Trinajstić information content (AvgIpc) is 3.55.